The van der Waals surface area contributed by atoms with Crippen LogP contribution in [0.2, 0.25) is 4.34 Å². The van der Waals surface area contributed by atoms with Crippen LogP contribution >= 0.6 is 34.3 Å². The van der Waals surface area contributed by atoms with Crippen molar-refractivity contribution in [3.63, 3.8) is 0 Å². The fourth-order valence-electron chi connectivity index (χ4n) is 2.62. The highest BCUT2D eigenvalue weighted by Gasteiger charge is 2.17. The Labute approximate surface area is 133 Å². The topological polar surface area (TPSA) is 12.0 Å². The van der Waals surface area contributed by atoms with Crippen molar-refractivity contribution in [1.29, 1.82) is 0 Å². The summed E-state index contributed by atoms with van der Waals surface area (Å²) in [6.45, 7) is 1.03. The Balaban J connectivity index is 1.66. The van der Waals surface area contributed by atoms with Crippen LogP contribution in [-0.2, 0) is 0 Å². The van der Waals surface area contributed by atoms with Gasteiger partial charge in [0.25, 0.3) is 0 Å². The van der Waals surface area contributed by atoms with Crippen molar-refractivity contribution in [2.24, 2.45) is 0 Å². The molecule has 1 nitrogen and oxygen atoms in total. The quantitative estimate of drug-likeness (QED) is 0.678. The van der Waals surface area contributed by atoms with Gasteiger partial charge in [0.2, 0.25) is 0 Å². The van der Waals surface area contributed by atoms with Gasteiger partial charge in [-0.15, -0.1) is 22.7 Å². The molecule has 1 N–H and O–H groups in total. The van der Waals surface area contributed by atoms with E-state index in [0.29, 0.717) is 0 Å². The lowest BCUT2D eigenvalue weighted by atomic mass is 10.1. The van der Waals surface area contributed by atoms with E-state index in [-0.39, 0.29) is 6.04 Å². The minimum absolute atomic E-state index is 0.287. The van der Waals surface area contributed by atoms with Gasteiger partial charge in [-0.3, -0.25) is 0 Å². The Kier molecular flexibility index (Phi) is 4.94. The average Bonchev–Trinajstić information content (AvgIpc) is 3.17. The van der Waals surface area contributed by atoms with Crippen LogP contribution in [0.1, 0.15) is 41.5 Å². The van der Waals surface area contributed by atoms with Gasteiger partial charge in [0.05, 0.1) is 10.4 Å². The van der Waals surface area contributed by atoms with Crippen molar-refractivity contribution in [2.75, 3.05) is 6.54 Å². The smallest absolute Gasteiger partial charge is 0.0931 e. The van der Waals surface area contributed by atoms with Crippen molar-refractivity contribution >= 4 is 34.3 Å². The minimum atomic E-state index is 0.287. The molecule has 1 unspecified atom stereocenters. The molecule has 1 aliphatic carbocycles. The lowest BCUT2D eigenvalue weighted by Crippen LogP contribution is -2.22. The van der Waals surface area contributed by atoms with Gasteiger partial charge in [0, 0.05) is 9.75 Å². The molecule has 0 bridgehead atoms. The molecule has 0 saturated carbocycles. The second-order valence-electron chi connectivity index (χ2n) is 5.05. The summed E-state index contributed by atoms with van der Waals surface area (Å²) in [7, 11) is 0. The summed E-state index contributed by atoms with van der Waals surface area (Å²) in [5.74, 6) is 0. The van der Waals surface area contributed by atoms with Gasteiger partial charge in [0.15, 0.2) is 0 Å². The standard InChI is InChI=1S/C16H18ClNS2/c17-15-8-7-14(20-15)16(13-6-3-11-19-13)18-10-9-12-4-1-2-5-12/h3-4,6-8,11,16,18H,1-2,5,9-10H2. The minimum Gasteiger partial charge on any atom is -0.305 e. The fourth-order valence-corrected chi connectivity index (χ4v) is 4.67. The van der Waals surface area contributed by atoms with Crippen LogP contribution in [0.25, 0.3) is 0 Å². The zero-order valence-corrected chi connectivity index (χ0v) is 13.7. The fraction of sp³-hybridized carbons (Fsp3) is 0.375. The van der Waals surface area contributed by atoms with Crippen molar-refractivity contribution in [1.82, 2.24) is 5.32 Å². The molecule has 0 radical (unpaired) electrons. The predicted molar refractivity (Wildman–Crippen MR) is 90.0 cm³/mol. The lowest BCUT2D eigenvalue weighted by Gasteiger charge is -2.16. The molecule has 0 saturated heterocycles. The lowest BCUT2D eigenvalue weighted by molar-refractivity contribution is 0.615. The summed E-state index contributed by atoms with van der Waals surface area (Å²) in [6, 6.07) is 8.73. The van der Waals surface area contributed by atoms with Gasteiger partial charge >= 0.3 is 0 Å². The summed E-state index contributed by atoms with van der Waals surface area (Å²) in [5.41, 5.74) is 1.62. The number of hydrogen-bond donors (Lipinski definition) is 1. The third kappa shape index (κ3) is 3.53. The molecule has 0 fully saturated rings. The van der Waals surface area contributed by atoms with Crippen LogP contribution in [0.15, 0.2) is 41.3 Å². The van der Waals surface area contributed by atoms with Gasteiger partial charge < -0.3 is 5.32 Å². The number of halogens is 1. The summed E-state index contributed by atoms with van der Waals surface area (Å²) < 4.78 is 0.863. The van der Waals surface area contributed by atoms with Gasteiger partial charge in [-0.25, -0.2) is 0 Å². The molecule has 0 spiro atoms. The van der Waals surface area contributed by atoms with Crippen molar-refractivity contribution < 1.29 is 0 Å². The van der Waals surface area contributed by atoms with Gasteiger partial charge in [-0.2, -0.15) is 0 Å². The first-order valence-corrected chi connectivity index (χ1v) is 9.10. The molecule has 3 rings (SSSR count). The van der Waals surface area contributed by atoms with Crippen LogP contribution in [0, 0.1) is 0 Å². The van der Waals surface area contributed by atoms with Crippen LogP contribution in [0.5, 0.6) is 0 Å². The van der Waals surface area contributed by atoms with E-state index in [1.807, 2.05) is 6.07 Å². The number of rotatable bonds is 6. The largest absolute Gasteiger partial charge is 0.305 e. The third-order valence-corrected chi connectivity index (χ3v) is 5.87. The highest BCUT2D eigenvalue weighted by molar-refractivity contribution is 7.16. The normalized spacial score (nSPS) is 16.4. The highest BCUT2D eigenvalue weighted by Crippen LogP contribution is 2.33. The van der Waals surface area contributed by atoms with E-state index in [0.717, 1.165) is 10.9 Å². The first-order chi connectivity index (χ1) is 9.83. The molecule has 106 valence electrons. The number of allylic oxidation sites excluding steroid dienone is 1. The first-order valence-electron chi connectivity index (χ1n) is 7.03. The second kappa shape index (κ2) is 6.90. The molecule has 0 aromatic carbocycles. The highest BCUT2D eigenvalue weighted by atomic mass is 35.5. The predicted octanol–water partition coefficient (Wildman–Crippen LogP) is 5.64. The van der Waals surface area contributed by atoms with Crippen LogP contribution in [0.3, 0.4) is 0 Å². The van der Waals surface area contributed by atoms with Gasteiger partial charge in [-0.05, 0) is 55.8 Å². The summed E-state index contributed by atoms with van der Waals surface area (Å²) in [5, 5.41) is 5.84. The summed E-state index contributed by atoms with van der Waals surface area (Å²) in [4.78, 5) is 2.67. The van der Waals surface area contributed by atoms with Crippen molar-refractivity contribution in [2.45, 2.75) is 31.7 Å². The maximum atomic E-state index is 6.09. The second-order valence-corrected chi connectivity index (χ2v) is 7.77. The Morgan fingerprint density at radius 2 is 2.20 bits per heavy atom. The average molecular weight is 324 g/mol. The maximum Gasteiger partial charge on any atom is 0.0931 e. The summed E-state index contributed by atoms with van der Waals surface area (Å²) >= 11 is 9.56. The first kappa shape index (κ1) is 14.3. The number of thiophene rings is 2. The molecule has 20 heavy (non-hydrogen) atoms. The van der Waals surface area contributed by atoms with Crippen LogP contribution < -0.4 is 5.32 Å². The molecule has 0 aliphatic heterocycles. The van der Waals surface area contributed by atoms with E-state index < -0.39 is 0 Å². The number of nitrogens with one attached hydrogen (secondary N) is 1. The Morgan fingerprint density at radius 3 is 2.85 bits per heavy atom. The van der Waals surface area contributed by atoms with Crippen LogP contribution in [-0.4, -0.2) is 6.54 Å². The third-order valence-electron chi connectivity index (χ3n) is 3.64. The molecule has 2 heterocycles. The molecule has 4 heteroatoms. The van der Waals surface area contributed by atoms with E-state index in [1.165, 1.54) is 35.4 Å². The van der Waals surface area contributed by atoms with Gasteiger partial charge in [-0.1, -0.05) is 29.3 Å². The monoisotopic (exact) mass is 323 g/mol. The van der Waals surface area contributed by atoms with Crippen molar-refractivity contribution in [3.8, 4) is 0 Å². The molecular weight excluding hydrogens is 306 g/mol. The van der Waals surface area contributed by atoms with E-state index in [2.05, 4.69) is 35.0 Å². The zero-order valence-electron chi connectivity index (χ0n) is 11.3. The Bertz CT molecular complexity index is 571. The van der Waals surface area contributed by atoms with E-state index >= 15 is 0 Å². The molecule has 2 aromatic heterocycles. The van der Waals surface area contributed by atoms with E-state index in [9.17, 15) is 0 Å². The SMILES string of the molecule is Clc1ccc(C(NCCC2=CCCC2)c2cccs2)s1. The molecule has 1 aliphatic rings. The van der Waals surface area contributed by atoms with E-state index in [4.69, 9.17) is 11.6 Å². The Hall–Kier alpha value is -0.610. The number of hydrogen-bond acceptors (Lipinski definition) is 3. The molecule has 0 amide bonds. The van der Waals surface area contributed by atoms with Crippen LogP contribution in [0.4, 0.5) is 0 Å². The Morgan fingerprint density at radius 1 is 1.25 bits per heavy atom. The molecule has 1 atom stereocenters. The molecule has 2 aromatic rings. The maximum absolute atomic E-state index is 6.09. The van der Waals surface area contributed by atoms with E-state index in [1.54, 1.807) is 28.2 Å². The summed E-state index contributed by atoms with van der Waals surface area (Å²) in [6.07, 6.45) is 7.47. The zero-order chi connectivity index (χ0) is 13.8. The van der Waals surface area contributed by atoms with Crippen molar-refractivity contribution in [3.05, 3.63) is 55.4 Å². The van der Waals surface area contributed by atoms with Gasteiger partial charge in [0.1, 0.15) is 0 Å². The molecular formula is C16H18ClNS2.